The minimum atomic E-state index is -4.43. The van der Waals surface area contributed by atoms with E-state index in [2.05, 4.69) is 20.6 Å². The summed E-state index contributed by atoms with van der Waals surface area (Å²) in [5.74, 6) is -1.97. The SMILES string of the molecule is CC[C@@H](Nc1ccc(C(=O)N[C@@H](Cc2ccc(-c3cc4cnccc4n(C)c3=O)c3ncccc23)C(=O)O)cc1)C(F)(F)F. The first-order chi connectivity index (χ1) is 21.0. The molecule has 5 aromatic rings. The van der Waals surface area contributed by atoms with Gasteiger partial charge in [-0.3, -0.25) is 19.6 Å². The summed E-state index contributed by atoms with van der Waals surface area (Å²) in [5.41, 5.74) is 2.81. The van der Waals surface area contributed by atoms with Gasteiger partial charge in [0.25, 0.3) is 11.5 Å². The van der Waals surface area contributed by atoms with E-state index < -0.39 is 30.1 Å². The first-order valence-electron chi connectivity index (χ1n) is 13.8. The molecule has 12 heteroatoms. The number of carbonyl (C=O) groups excluding carboxylic acids is 1. The summed E-state index contributed by atoms with van der Waals surface area (Å²) in [7, 11) is 1.67. The maximum Gasteiger partial charge on any atom is 0.408 e. The van der Waals surface area contributed by atoms with E-state index in [0.717, 1.165) is 10.9 Å². The highest BCUT2D eigenvalue weighted by molar-refractivity contribution is 5.99. The largest absolute Gasteiger partial charge is 0.480 e. The molecule has 3 N–H and O–H groups in total. The number of anilines is 1. The van der Waals surface area contributed by atoms with Crippen LogP contribution in [0.25, 0.3) is 32.9 Å². The zero-order valence-electron chi connectivity index (χ0n) is 23.7. The number of halogens is 3. The van der Waals surface area contributed by atoms with Crippen LogP contribution in [-0.4, -0.2) is 49.8 Å². The van der Waals surface area contributed by atoms with Gasteiger partial charge in [-0.15, -0.1) is 0 Å². The number of aryl methyl sites for hydroxylation is 1. The highest BCUT2D eigenvalue weighted by Crippen LogP contribution is 2.30. The Balaban J connectivity index is 1.41. The highest BCUT2D eigenvalue weighted by atomic mass is 19.4. The molecule has 226 valence electrons. The van der Waals surface area contributed by atoms with Gasteiger partial charge in [0.05, 0.1) is 16.6 Å². The third-order valence-electron chi connectivity index (χ3n) is 7.49. The van der Waals surface area contributed by atoms with Crippen LogP contribution in [0.5, 0.6) is 0 Å². The molecule has 9 nitrogen and oxygen atoms in total. The van der Waals surface area contributed by atoms with Crippen LogP contribution in [-0.2, 0) is 18.3 Å². The molecular formula is C32H28F3N5O4. The summed E-state index contributed by atoms with van der Waals surface area (Å²) < 4.78 is 40.8. The third-order valence-corrected chi connectivity index (χ3v) is 7.49. The number of amides is 1. The quantitative estimate of drug-likeness (QED) is 0.208. The van der Waals surface area contributed by atoms with E-state index >= 15 is 0 Å². The first-order valence-corrected chi connectivity index (χ1v) is 13.8. The first kappa shape index (κ1) is 30.2. The summed E-state index contributed by atoms with van der Waals surface area (Å²) in [6.07, 6.45) is 0.156. The number of nitrogens with one attached hydrogen (secondary N) is 2. The van der Waals surface area contributed by atoms with Crippen molar-refractivity contribution in [3.63, 3.8) is 0 Å². The predicted molar refractivity (Wildman–Crippen MR) is 161 cm³/mol. The molecule has 44 heavy (non-hydrogen) atoms. The maximum absolute atomic E-state index is 13.3. The van der Waals surface area contributed by atoms with Crippen LogP contribution in [0.1, 0.15) is 29.3 Å². The lowest BCUT2D eigenvalue weighted by Crippen LogP contribution is -2.42. The number of carboxylic acids is 1. The van der Waals surface area contributed by atoms with Crippen LogP contribution >= 0.6 is 0 Å². The van der Waals surface area contributed by atoms with Crippen LogP contribution < -0.4 is 16.2 Å². The van der Waals surface area contributed by atoms with Crippen molar-refractivity contribution >= 4 is 39.4 Å². The molecule has 0 bridgehead atoms. The van der Waals surface area contributed by atoms with Crippen molar-refractivity contribution in [3.8, 4) is 11.1 Å². The summed E-state index contributed by atoms with van der Waals surface area (Å²) in [6.45, 7) is 1.41. The lowest BCUT2D eigenvalue weighted by atomic mass is 9.95. The van der Waals surface area contributed by atoms with Crippen molar-refractivity contribution < 1.29 is 27.9 Å². The number of benzene rings is 2. The zero-order valence-corrected chi connectivity index (χ0v) is 23.7. The summed E-state index contributed by atoms with van der Waals surface area (Å²) in [6, 6.07) is 12.6. The van der Waals surface area contributed by atoms with Crippen LogP contribution in [0.15, 0.2) is 84.0 Å². The summed E-state index contributed by atoms with van der Waals surface area (Å²) in [5, 5.41) is 16.2. The minimum Gasteiger partial charge on any atom is -0.480 e. The second-order valence-electron chi connectivity index (χ2n) is 10.3. The van der Waals surface area contributed by atoms with Crippen molar-refractivity contribution in [2.45, 2.75) is 38.0 Å². The summed E-state index contributed by atoms with van der Waals surface area (Å²) >= 11 is 0. The number of hydrogen-bond acceptors (Lipinski definition) is 6. The number of pyridine rings is 3. The molecule has 3 heterocycles. The van der Waals surface area contributed by atoms with Gasteiger partial charge < -0.3 is 20.3 Å². The molecule has 1 amide bonds. The number of fused-ring (bicyclic) bond motifs is 2. The van der Waals surface area contributed by atoms with Crippen LogP contribution in [0.2, 0.25) is 0 Å². The Morgan fingerprint density at radius 2 is 1.77 bits per heavy atom. The zero-order chi connectivity index (χ0) is 31.6. The number of alkyl halides is 3. The molecule has 0 aliphatic carbocycles. The number of aliphatic carboxylic acids is 1. The fourth-order valence-corrected chi connectivity index (χ4v) is 5.14. The molecule has 0 spiro atoms. The molecule has 2 aromatic carbocycles. The average Bonchev–Trinajstić information content (AvgIpc) is 3.01. The standard InChI is InChI=1S/C32H28F3N5O4/c1-3-27(32(33,34)35)38-21-9-6-18(7-10-21)29(41)39-25(31(43)44)16-19-8-11-23(28-22(19)5-4-13-37-28)24-15-20-17-36-14-12-26(20)40(2)30(24)42/h4-15,17,25,27,38H,3,16H2,1-2H3,(H,39,41)(H,43,44)/t25-,27+/m0/s1. The monoisotopic (exact) mass is 603 g/mol. The number of nitrogens with zero attached hydrogens (tertiary/aromatic N) is 3. The van der Waals surface area contributed by atoms with Gasteiger partial charge in [0.2, 0.25) is 0 Å². The lowest BCUT2D eigenvalue weighted by molar-refractivity contribution is -0.143. The van der Waals surface area contributed by atoms with Gasteiger partial charge in [-0.1, -0.05) is 25.1 Å². The Morgan fingerprint density at radius 3 is 2.45 bits per heavy atom. The van der Waals surface area contributed by atoms with E-state index in [1.54, 1.807) is 62.0 Å². The molecule has 0 fully saturated rings. The highest BCUT2D eigenvalue weighted by Gasteiger charge is 2.38. The number of aromatic nitrogens is 3. The Kier molecular flexibility index (Phi) is 8.34. The Labute approximate surface area is 249 Å². The van der Waals surface area contributed by atoms with E-state index in [1.807, 2.05) is 0 Å². The topological polar surface area (TPSA) is 126 Å². The van der Waals surface area contributed by atoms with Gasteiger partial charge in [-0.25, -0.2) is 4.79 Å². The molecular weight excluding hydrogens is 575 g/mol. The second kappa shape index (κ2) is 12.2. The molecule has 0 aliphatic rings. The van der Waals surface area contributed by atoms with Crippen LogP contribution in [0, 0.1) is 0 Å². The Hall–Kier alpha value is -5.26. The number of hydrogen-bond donors (Lipinski definition) is 3. The third kappa shape index (κ3) is 6.10. The van der Waals surface area contributed by atoms with Gasteiger partial charge in [0, 0.05) is 59.6 Å². The molecule has 2 atom stereocenters. The second-order valence-corrected chi connectivity index (χ2v) is 10.3. The molecule has 3 aromatic heterocycles. The minimum absolute atomic E-state index is 0.0883. The molecule has 0 radical (unpaired) electrons. The number of carboxylic acid groups (broad SMARTS) is 1. The average molecular weight is 604 g/mol. The van der Waals surface area contributed by atoms with Gasteiger partial charge >= 0.3 is 12.1 Å². The van der Waals surface area contributed by atoms with Gasteiger partial charge in [-0.2, -0.15) is 13.2 Å². The lowest BCUT2D eigenvalue weighted by Gasteiger charge is -2.21. The van der Waals surface area contributed by atoms with Crippen molar-refractivity contribution in [1.82, 2.24) is 19.9 Å². The van der Waals surface area contributed by atoms with E-state index in [-0.39, 0.29) is 29.7 Å². The van der Waals surface area contributed by atoms with Gasteiger partial charge in [-0.05, 0) is 54.4 Å². The van der Waals surface area contributed by atoms with Crippen LogP contribution in [0.4, 0.5) is 18.9 Å². The van der Waals surface area contributed by atoms with Crippen molar-refractivity contribution in [2.24, 2.45) is 7.05 Å². The van der Waals surface area contributed by atoms with Crippen molar-refractivity contribution in [1.29, 1.82) is 0 Å². The molecule has 0 saturated heterocycles. The fourth-order valence-electron chi connectivity index (χ4n) is 5.14. The van der Waals surface area contributed by atoms with E-state index in [0.29, 0.717) is 27.6 Å². The Bertz CT molecular complexity index is 1920. The molecule has 0 saturated carbocycles. The smallest absolute Gasteiger partial charge is 0.408 e. The fraction of sp³-hybridized carbons (Fsp3) is 0.219. The molecule has 0 unspecified atom stereocenters. The summed E-state index contributed by atoms with van der Waals surface area (Å²) in [4.78, 5) is 47.1. The van der Waals surface area contributed by atoms with Crippen LogP contribution in [0.3, 0.4) is 0 Å². The van der Waals surface area contributed by atoms with E-state index in [9.17, 15) is 32.7 Å². The van der Waals surface area contributed by atoms with Gasteiger partial charge in [0.1, 0.15) is 12.1 Å². The molecule has 5 rings (SSSR count). The van der Waals surface area contributed by atoms with Gasteiger partial charge in [0.15, 0.2) is 0 Å². The van der Waals surface area contributed by atoms with Crippen molar-refractivity contribution in [2.75, 3.05) is 5.32 Å². The van der Waals surface area contributed by atoms with E-state index in [1.165, 1.54) is 35.8 Å². The van der Waals surface area contributed by atoms with E-state index in [4.69, 9.17) is 0 Å². The van der Waals surface area contributed by atoms with Crippen molar-refractivity contribution in [3.05, 3.63) is 101 Å². The Morgan fingerprint density at radius 1 is 1.02 bits per heavy atom. The number of carbonyl (C=O) groups is 2. The predicted octanol–water partition coefficient (Wildman–Crippen LogP) is 5.33. The molecule has 0 aliphatic heterocycles. The normalized spacial score (nSPS) is 13.0. The number of rotatable bonds is 9. The maximum atomic E-state index is 13.3.